The molecule has 0 saturated heterocycles. The van der Waals surface area contributed by atoms with Crippen LogP contribution in [0.5, 0.6) is 0 Å². The number of rotatable bonds is 4. The van der Waals surface area contributed by atoms with Gasteiger partial charge in [-0.15, -0.1) is 11.8 Å². The van der Waals surface area contributed by atoms with Crippen molar-refractivity contribution in [2.45, 2.75) is 23.8 Å². The normalized spacial score (nSPS) is 14.1. The van der Waals surface area contributed by atoms with Crippen LogP contribution in [0.3, 0.4) is 0 Å². The summed E-state index contributed by atoms with van der Waals surface area (Å²) >= 11 is 4.80. The molecule has 1 aliphatic carbocycles. The van der Waals surface area contributed by atoms with E-state index in [2.05, 4.69) is 26.6 Å². The predicted octanol–water partition coefficient (Wildman–Crippen LogP) is 2.53. The first-order valence-corrected chi connectivity index (χ1v) is 7.40. The summed E-state index contributed by atoms with van der Waals surface area (Å²) in [6.45, 7) is 0. The van der Waals surface area contributed by atoms with Gasteiger partial charge in [0.25, 0.3) is 0 Å². The Kier molecular flexibility index (Phi) is 4.66. The number of hydrogen-bond donors (Lipinski definition) is 2. The van der Waals surface area contributed by atoms with E-state index < -0.39 is 6.03 Å². The zero-order chi connectivity index (χ0) is 13.0. The standard InChI is InChI=1S/C12H13BrN2O2S/c13-9-3-1-2-4-10(9)18-7-11(16)15-12(17)14-8-5-6-8/h1-4,8H,5-7H2,(H2,14,15,16,17). The van der Waals surface area contributed by atoms with Gasteiger partial charge in [0, 0.05) is 15.4 Å². The average Bonchev–Trinajstić information content (AvgIpc) is 3.11. The number of hydrogen-bond acceptors (Lipinski definition) is 3. The van der Waals surface area contributed by atoms with Crippen molar-refractivity contribution in [3.8, 4) is 0 Å². The number of halogens is 1. The lowest BCUT2D eigenvalue weighted by atomic mass is 10.4. The first-order valence-electron chi connectivity index (χ1n) is 5.63. The van der Waals surface area contributed by atoms with E-state index in [4.69, 9.17) is 0 Å². The van der Waals surface area contributed by atoms with Crippen LogP contribution in [0.15, 0.2) is 33.6 Å². The Balaban J connectivity index is 1.74. The topological polar surface area (TPSA) is 58.2 Å². The van der Waals surface area contributed by atoms with Crippen molar-refractivity contribution < 1.29 is 9.59 Å². The largest absolute Gasteiger partial charge is 0.335 e. The van der Waals surface area contributed by atoms with Gasteiger partial charge < -0.3 is 5.32 Å². The molecular weight excluding hydrogens is 316 g/mol. The number of benzene rings is 1. The fraction of sp³-hybridized carbons (Fsp3) is 0.333. The van der Waals surface area contributed by atoms with Gasteiger partial charge in [0.05, 0.1) is 5.75 Å². The lowest BCUT2D eigenvalue weighted by Crippen LogP contribution is -2.41. The molecule has 96 valence electrons. The predicted molar refractivity (Wildman–Crippen MR) is 74.6 cm³/mol. The highest BCUT2D eigenvalue weighted by atomic mass is 79.9. The van der Waals surface area contributed by atoms with E-state index in [1.54, 1.807) is 0 Å². The fourth-order valence-corrected chi connectivity index (χ4v) is 2.68. The monoisotopic (exact) mass is 328 g/mol. The van der Waals surface area contributed by atoms with Crippen LogP contribution in [-0.2, 0) is 4.79 Å². The van der Waals surface area contributed by atoms with Crippen molar-refractivity contribution in [1.82, 2.24) is 10.6 Å². The number of urea groups is 1. The molecule has 0 unspecified atom stereocenters. The highest BCUT2D eigenvalue weighted by Crippen LogP contribution is 2.26. The SMILES string of the molecule is O=C(CSc1ccccc1Br)NC(=O)NC1CC1. The zero-order valence-corrected chi connectivity index (χ0v) is 12.0. The minimum absolute atomic E-state index is 0.223. The Labute approximate surface area is 118 Å². The van der Waals surface area contributed by atoms with E-state index in [0.717, 1.165) is 22.2 Å². The van der Waals surface area contributed by atoms with Crippen LogP contribution in [0.2, 0.25) is 0 Å². The van der Waals surface area contributed by atoms with E-state index in [0.29, 0.717) is 0 Å². The van der Waals surface area contributed by atoms with Crippen LogP contribution >= 0.6 is 27.7 Å². The van der Waals surface area contributed by atoms with Crippen LogP contribution in [0.1, 0.15) is 12.8 Å². The summed E-state index contributed by atoms with van der Waals surface area (Å²) in [5, 5.41) is 5.02. The van der Waals surface area contributed by atoms with Gasteiger partial charge in [-0.2, -0.15) is 0 Å². The first-order chi connectivity index (χ1) is 8.65. The van der Waals surface area contributed by atoms with Crippen molar-refractivity contribution in [2.24, 2.45) is 0 Å². The second kappa shape index (κ2) is 6.24. The summed E-state index contributed by atoms with van der Waals surface area (Å²) in [5.74, 6) is -0.0605. The minimum atomic E-state index is -0.393. The molecule has 6 heteroatoms. The summed E-state index contributed by atoms with van der Waals surface area (Å²) in [6.07, 6.45) is 2.01. The smallest absolute Gasteiger partial charge is 0.321 e. The van der Waals surface area contributed by atoms with Gasteiger partial charge in [-0.05, 0) is 40.9 Å². The van der Waals surface area contributed by atoms with Crippen LogP contribution in [0.4, 0.5) is 4.79 Å². The summed E-state index contributed by atoms with van der Waals surface area (Å²) in [6, 6.07) is 7.53. The Hall–Kier alpha value is -1.01. The molecule has 1 aliphatic rings. The summed E-state index contributed by atoms with van der Waals surface area (Å²) < 4.78 is 0.949. The molecule has 1 aromatic carbocycles. The van der Waals surface area contributed by atoms with Crippen molar-refractivity contribution in [2.75, 3.05) is 5.75 Å². The van der Waals surface area contributed by atoms with E-state index >= 15 is 0 Å². The van der Waals surface area contributed by atoms with Gasteiger partial charge in [0.1, 0.15) is 0 Å². The van der Waals surface area contributed by atoms with E-state index in [9.17, 15) is 9.59 Å². The Morgan fingerprint density at radius 1 is 1.33 bits per heavy atom. The number of imide groups is 1. The minimum Gasteiger partial charge on any atom is -0.335 e. The molecule has 18 heavy (non-hydrogen) atoms. The summed E-state index contributed by atoms with van der Waals surface area (Å²) in [7, 11) is 0. The van der Waals surface area contributed by atoms with Crippen molar-refractivity contribution >= 4 is 39.6 Å². The van der Waals surface area contributed by atoms with Crippen LogP contribution in [0, 0.1) is 0 Å². The number of carbonyl (C=O) groups is 2. The molecule has 2 rings (SSSR count). The second-order valence-corrected chi connectivity index (χ2v) is 5.89. The third kappa shape index (κ3) is 4.34. The van der Waals surface area contributed by atoms with Gasteiger partial charge >= 0.3 is 6.03 Å². The Morgan fingerprint density at radius 2 is 2.06 bits per heavy atom. The van der Waals surface area contributed by atoms with Gasteiger partial charge in [-0.3, -0.25) is 10.1 Å². The highest BCUT2D eigenvalue weighted by molar-refractivity contribution is 9.10. The van der Waals surface area contributed by atoms with E-state index in [1.807, 2.05) is 24.3 Å². The van der Waals surface area contributed by atoms with Gasteiger partial charge in [0.2, 0.25) is 5.91 Å². The molecule has 1 aromatic rings. The zero-order valence-electron chi connectivity index (χ0n) is 9.61. The maximum Gasteiger partial charge on any atom is 0.321 e. The van der Waals surface area contributed by atoms with Crippen LogP contribution in [-0.4, -0.2) is 23.7 Å². The van der Waals surface area contributed by atoms with Crippen molar-refractivity contribution in [3.63, 3.8) is 0 Å². The van der Waals surface area contributed by atoms with E-state index in [-0.39, 0.29) is 17.7 Å². The molecule has 1 fully saturated rings. The first kappa shape index (κ1) is 13.4. The lowest BCUT2D eigenvalue weighted by molar-refractivity contribution is -0.117. The molecule has 0 aliphatic heterocycles. The van der Waals surface area contributed by atoms with Crippen molar-refractivity contribution in [3.05, 3.63) is 28.7 Å². The van der Waals surface area contributed by atoms with Gasteiger partial charge in [-0.1, -0.05) is 12.1 Å². The highest BCUT2D eigenvalue weighted by Gasteiger charge is 2.23. The molecular formula is C12H13BrN2O2S. The number of nitrogens with one attached hydrogen (secondary N) is 2. The summed E-state index contributed by atoms with van der Waals surface area (Å²) in [4.78, 5) is 23.8. The second-order valence-electron chi connectivity index (χ2n) is 4.02. The molecule has 0 radical (unpaired) electrons. The number of thioether (sulfide) groups is 1. The number of carbonyl (C=O) groups excluding carboxylic acids is 2. The van der Waals surface area contributed by atoms with Crippen LogP contribution < -0.4 is 10.6 Å². The summed E-state index contributed by atoms with van der Waals surface area (Å²) in [5.41, 5.74) is 0. The van der Waals surface area contributed by atoms with E-state index in [1.165, 1.54) is 11.8 Å². The molecule has 0 bridgehead atoms. The van der Waals surface area contributed by atoms with Crippen LogP contribution in [0.25, 0.3) is 0 Å². The molecule has 0 atom stereocenters. The molecule has 1 saturated carbocycles. The quantitative estimate of drug-likeness (QED) is 0.835. The molecule has 0 aromatic heterocycles. The Morgan fingerprint density at radius 3 is 2.72 bits per heavy atom. The fourth-order valence-electron chi connectivity index (χ4n) is 1.32. The lowest BCUT2D eigenvalue weighted by Gasteiger charge is -2.06. The average molecular weight is 329 g/mol. The molecule has 0 spiro atoms. The van der Waals surface area contributed by atoms with Gasteiger partial charge in [-0.25, -0.2) is 4.79 Å². The number of amides is 3. The maximum absolute atomic E-state index is 11.5. The van der Waals surface area contributed by atoms with Gasteiger partial charge in [0.15, 0.2) is 0 Å². The molecule has 0 heterocycles. The third-order valence-corrected chi connectivity index (χ3v) is 4.39. The molecule has 3 amide bonds. The Bertz CT molecular complexity index is 463. The molecule has 2 N–H and O–H groups in total. The van der Waals surface area contributed by atoms with Crippen molar-refractivity contribution in [1.29, 1.82) is 0 Å². The molecule has 4 nitrogen and oxygen atoms in total. The third-order valence-electron chi connectivity index (χ3n) is 2.36. The maximum atomic E-state index is 11.5.